The second-order valence-corrected chi connectivity index (χ2v) is 6.35. The summed E-state index contributed by atoms with van der Waals surface area (Å²) < 4.78 is 11.7. The fraction of sp³-hybridized carbons (Fsp3) is 0.273. The van der Waals surface area contributed by atoms with E-state index in [0.29, 0.717) is 0 Å². The van der Waals surface area contributed by atoms with E-state index in [9.17, 15) is 4.21 Å². The highest BCUT2D eigenvalue weighted by atomic mass is 79.9. The zero-order valence-electron chi connectivity index (χ0n) is 8.74. The minimum absolute atomic E-state index is 0.493. The van der Waals surface area contributed by atoms with Crippen molar-refractivity contribution in [1.82, 2.24) is 0 Å². The van der Waals surface area contributed by atoms with Crippen molar-refractivity contribution in [2.75, 3.05) is 0 Å². The normalized spacial score (nSPS) is 14.4. The molecule has 0 saturated heterocycles. The molecule has 1 rings (SSSR count). The van der Waals surface area contributed by atoms with E-state index in [-0.39, 0.29) is 0 Å². The van der Waals surface area contributed by atoms with E-state index in [1.54, 1.807) is 0 Å². The fourth-order valence-corrected chi connectivity index (χ4v) is 1.40. The van der Waals surface area contributed by atoms with Crippen molar-refractivity contribution in [3.05, 3.63) is 40.4 Å². The maximum Gasteiger partial charge on any atom is 0.0984 e. The first-order valence-electron chi connectivity index (χ1n) is 4.53. The lowest BCUT2D eigenvalue weighted by atomic mass is 10.1. The molecule has 1 aromatic rings. The summed E-state index contributed by atoms with van der Waals surface area (Å²) in [5.74, 6) is 0. The van der Waals surface area contributed by atoms with Gasteiger partial charge in [0.1, 0.15) is 0 Å². The summed E-state index contributed by atoms with van der Waals surface area (Å²) in [5.41, 5.74) is 1.07. The Morgan fingerprint density at radius 1 is 1.33 bits per heavy atom. The van der Waals surface area contributed by atoms with Gasteiger partial charge in [0.15, 0.2) is 0 Å². The van der Waals surface area contributed by atoms with Crippen molar-refractivity contribution in [2.24, 2.45) is 5.14 Å². The molecule has 82 valence electrons. The van der Waals surface area contributed by atoms with Gasteiger partial charge in [-0.25, -0.2) is 4.21 Å². The number of rotatable bonds is 3. The molecular weight excluding hydrogens is 274 g/mol. The quantitative estimate of drug-likeness (QED) is 0.913. The molecule has 0 saturated carbocycles. The van der Waals surface area contributed by atoms with E-state index in [1.165, 1.54) is 0 Å². The van der Waals surface area contributed by atoms with Crippen molar-refractivity contribution < 1.29 is 4.21 Å². The van der Waals surface area contributed by atoms with Gasteiger partial charge in [-0.05, 0) is 31.5 Å². The maximum atomic E-state index is 11.2. The molecule has 0 fully saturated rings. The highest BCUT2D eigenvalue weighted by Crippen LogP contribution is 2.16. The molecule has 1 atom stereocenters. The molecule has 2 nitrogen and oxygen atoms in total. The van der Waals surface area contributed by atoms with E-state index >= 15 is 0 Å². The third kappa shape index (κ3) is 3.89. The summed E-state index contributed by atoms with van der Waals surface area (Å²) in [6, 6.07) is 7.89. The topological polar surface area (TPSA) is 43.1 Å². The second-order valence-electron chi connectivity index (χ2n) is 3.79. The zero-order chi connectivity index (χ0) is 11.5. The van der Waals surface area contributed by atoms with Gasteiger partial charge in [0, 0.05) is 4.47 Å². The maximum absolute atomic E-state index is 11.2. The first kappa shape index (κ1) is 12.6. The van der Waals surface area contributed by atoms with Gasteiger partial charge in [-0.2, -0.15) is 0 Å². The Kier molecular flexibility index (Phi) is 4.25. The van der Waals surface area contributed by atoms with Crippen LogP contribution in [-0.2, 0) is 11.0 Å². The van der Waals surface area contributed by atoms with Crippen LogP contribution in [0.15, 0.2) is 34.8 Å². The monoisotopic (exact) mass is 287 g/mol. The largest absolute Gasteiger partial charge is 0.251 e. The van der Waals surface area contributed by atoms with Crippen molar-refractivity contribution in [3.8, 4) is 0 Å². The molecule has 0 bridgehead atoms. The van der Waals surface area contributed by atoms with Crippen LogP contribution in [0.3, 0.4) is 0 Å². The van der Waals surface area contributed by atoms with Crippen LogP contribution in [0, 0.1) is 0 Å². The van der Waals surface area contributed by atoms with Gasteiger partial charge in [-0.3, -0.25) is 5.14 Å². The molecular formula is C11H14BrNOS. The van der Waals surface area contributed by atoms with Gasteiger partial charge in [-0.1, -0.05) is 40.2 Å². The van der Waals surface area contributed by atoms with Crippen LogP contribution in [0.4, 0.5) is 0 Å². The number of nitrogens with two attached hydrogens (primary N) is 1. The second kappa shape index (κ2) is 5.05. The molecule has 15 heavy (non-hydrogen) atoms. The van der Waals surface area contributed by atoms with Crippen LogP contribution < -0.4 is 5.14 Å². The lowest BCUT2D eigenvalue weighted by Gasteiger charge is -2.15. The van der Waals surface area contributed by atoms with Crippen LogP contribution in [0.1, 0.15) is 19.4 Å². The average molecular weight is 288 g/mol. The lowest BCUT2D eigenvalue weighted by Crippen LogP contribution is -2.29. The number of halogens is 1. The van der Waals surface area contributed by atoms with Gasteiger partial charge in [0.05, 0.1) is 15.7 Å². The Morgan fingerprint density at radius 2 is 1.87 bits per heavy atom. The smallest absolute Gasteiger partial charge is 0.0984 e. The Morgan fingerprint density at radius 3 is 2.33 bits per heavy atom. The summed E-state index contributed by atoms with van der Waals surface area (Å²) in [7, 11) is -1.35. The Bertz CT molecular complexity index is 384. The van der Waals surface area contributed by atoms with Gasteiger partial charge >= 0.3 is 0 Å². The highest BCUT2D eigenvalue weighted by molar-refractivity contribution is 9.10. The fourth-order valence-electron chi connectivity index (χ4n) is 0.938. The molecule has 0 amide bonds. The molecule has 0 aliphatic carbocycles. The first-order valence-corrected chi connectivity index (χ1v) is 6.53. The first-order chi connectivity index (χ1) is 6.92. The minimum atomic E-state index is -1.35. The Hall–Kier alpha value is -0.450. The predicted octanol–water partition coefficient (Wildman–Crippen LogP) is 2.86. The number of hydrogen-bond acceptors (Lipinski definition) is 1. The molecule has 0 heterocycles. The number of hydrogen-bond donors (Lipinski definition) is 1. The Balaban J connectivity index is 2.82. The van der Waals surface area contributed by atoms with Crippen LogP contribution in [-0.4, -0.2) is 8.96 Å². The van der Waals surface area contributed by atoms with E-state index in [2.05, 4.69) is 15.9 Å². The van der Waals surface area contributed by atoms with E-state index in [4.69, 9.17) is 5.14 Å². The molecule has 4 heteroatoms. The summed E-state index contributed by atoms with van der Waals surface area (Å²) in [5, 5.41) is 5.37. The third-order valence-electron chi connectivity index (χ3n) is 2.07. The van der Waals surface area contributed by atoms with Crippen LogP contribution in [0.2, 0.25) is 0 Å². The SMILES string of the molecule is CC(C)(C=Cc1ccc(Br)cc1)[S@](N)=O. The molecule has 0 unspecified atom stereocenters. The lowest BCUT2D eigenvalue weighted by molar-refractivity contribution is 0.665. The molecule has 0 radical (unpaired) electrons. The third-order valence-corrected chi connectivity index (χ3v) is 3.77. The van der Waals surface area contributed by atoms with Crippen molar-refractivity contribution >= 4 is 33.0 Å². The van der Waals surface area contributed by atoms with E-state index in [0.717, 1.165) is 10.0 Å². The molecule has 0 aliphatic rings. The van der Waals surface area contributed by atoms with Crippen molar-refractivity contribution in [3.63, 3.8) is 0 Å². The van der Waals surface area contributed by atoms with E-state index in [1.807, 2.05) is 50.3 Å². The number of benzene rings is 1. The standard InChI is InChI=1S/C11H14BrNOS/c1-11(2,15(13)14)8-7-9-3-5-10(12)6-4-9/h3-8H,13H2,1-2H3/t15-/m1/s1. The summed E-state index contributed by atoms with van der Waals surface area (Å²) in [4.78, 5) is 0. The minimum Gasteiger partial charge on any atom is -0.251 e. The highest BCUT2D eigenvalue weighted by Gasteiger charge is 2.18. The molecule has 0 aromatic heterocycles. The van der Waals surface area contributed by atoms with Crippen molar-refractivity contribution in [1.29, 1.82) is 0 Å². The average Bonchev–Trinajstić information content (AvgIpc) is 2.17. The van der Waals surface area contributed by atoms with Gasteiger partial charge in [-0.15, -0.1) is 0 Å². The summed E-state index contributed by atoms with van der Waals surface area (Å²) >= 11 is 3.37. The predicted molar refractivity (Wildman–Crippen MR) is 69.6 cm³/mol. The van der Waals surface area contributed by atoms with Crippen LogP contribution >= 0.6 is 15.9 Å². The van der Waals surface area contributed by atoms with Crippen LogP contribution in [0.5, 0.6) is 0 Å². The van der Waals surface area contributed by atoms with Gasteiger partial charge < -0.3 is 0 Å². The Labute approximate surface area is 101 Å². The molecule has 2 N–H and O–H groups in total. The summed E-state index contributed by atoms with van der Waals surface area (Å²) in [6.45, 7) is 3.69. The zero-order valence-corrected chi connectivity index (χ0v) is 11.1. The summed E-state index contributed by atoms with van der Waals surface area (Å²) in [6.07, 6.45) is 3.80. The molecule has 0 spiro atoms. The van der Waals surface area contributed by atoms with Gasteiger partial charge in [0.2, 0.25) is 0 Å². The molecule has 1 aromatic carbocycles. The molecule has 0 aliphatic heterocycles. The van der Waals surface area contributed by atoms with E-state index < -0.39 is 15.7 Å². The van der Waals surface area contributed by atoms with Gasteiger partial charge in [0.25, 0.3) is 0 Å². The van der Waals surface area contributed by atoms with Crippen LogP contribution in [0.25, 0.3) is 6.08 Å². The van der Waals surface area contributed by atoms with Crippen molar-refractivity contribution in [2.45, 2.75) is 18.6 Å².